The number of benzene rings is 1. The van der Waals surface area contributed by atoms with Gasteiger partial charge in [0.2, 0.25) is 5.69 Å². The van der Waals surface area contributed by atoms with Crippen LogP contribution in [0.1, 0.15) is 33.1 Å². The van der Waals surface area contributed by atoms with Gasteiger partial charge in [-0.2, -0.15) is 0 Å². The Morgan fingerprint density at radius 1 is 1.12 bits per heavy atom. The number of pyridine rings is 1. The summed E-state index contributed by atoms with van der Waals surface area (Å²) in [6.45, 7) is -4.58. The van der Waals surface area contributed by atoms with Crippen LogP contribution in [0.3, 0.4) is 0 Å². The minimum Gasteiger partial charge on any atom is -0.201 e. The summed E-state index contributed by atoms with van der Waals surface area (Å²) in [4.78, 5) is 0. The second-order valence-electron chi connectivity index (χ2n) is 3.39. The molecule has 0 aliphatic carbocycles. The second kappa shape index (κ2) is 4.09. The Balaban J connectivity index is 3.17. The van der Waals surface area contributed by atoms with Crippen molar-refractivity contribution in [3.8, 4) is 11.3 Å². The third-order valence-corrected chi connectivity index (χ3v) is 2.22. The van der Waals surface area contributed by atoms with Crippen LogP contribution in [0.5, 0.6) is 0 Å². The van der Waals surface area contributed by atoms with Gasteiger partial charge in [0.1, 0.15) is 8.42 Å². The zero-order chi connectivity index (χ0) is 21.9. The third-order valence-electron chi connectivity index (χ3n) is 2.22. The van der Waals surface area contributed by atoms with Crippen LogP contribution >= 0.6 is 0 Å². The Morgan fingerprint density at radius 3 is 2.62 bits per heavy atom. The molecule has 0 amide bonds. The fourth-order valence-corrected chi connectivity index (χ4v) is 1.39. The van der Waals surface area contributed by atoms with E-state index in [2.05, 4.69) is 0 Å². The van der Waals surface area contributed by atoms with Crippen LogP contribution in [-0.4, -0.2) is 0 Å². The van der Waals surface area contributed by atoms with E-state index in [-0.39, 0.29) is 22.9 Å². The van der Waals surface area contributed by atoms with E-state index in [1.54, 1.807) is 0 Å². The monoisotopic (exact) mass is 224 g/mol. The molecule has 16 heavy (non-hydrogen) atoms. The summed E-state index contributed by atoms with van der Waals surface area (Å²) in [6, 6.07) is -2.64. The van der Waals surface area contributed by atoms with E-state index < -0.39 is 55.2 Å². The van der Waals surface area contributed by atoms with Gasteiger partial charge >= 0.3 is 0 Å². The molecule has 0 N–H and O–H groups in total. The van der Waals surface area contributed by atoms with Crippen LogP contribution in [0.15, 0.2) is 36.4 Å². The van der Waals surface area contributed by atoms with Crippen molar-refractivity contribution in [2.24, 2.45) is 7.05 Å². The molecule has 1 aromatic carbocycles. The van der Waals surface area contributed by atoms with E-state index in [4.69, 9.17) is 16.4 Å². The van der Waals surface area contributed by atoms with Crippen LogP contribution in [0.2, 0.25) is 0 Å². The molecular weight excluding hydrogens is 194 g/mol. The molecule has 0 aliphatic rings. The predicted octanol–water partition coefficient (Wildman–Crippen LogP) is 3.10. The SMILES string of the molecule is [2H]c1c([2H])c([2H])c(-c2c([2H])c(C([2H])([2H])[2H])c(C([2H])([2H])[2H])c([2H])[n+]2C)c(C)c1[2H]. The smallest absolute Gasteiger partial charge is 0.201 e. The Morgan fingerprint density at radius 2 is 1.88 bits per heavy atom. The molecule has 0 atom stereocenters. The lowest BCUT2D eigenvalue weighted by molar-refractivity contribution is -0.660. The van der Waals surface area contributed by atoms with Gasteiger partial charge in [0.25, 0.3) is 0 Å². The minimum atomic E-state index is -3.02. The van der Waals surface area contributed by atoms with E-state index in [0.717, 1.165) is 4.57 Å². The molecule has 0 saturated heterocycles. The number of aromatic nitrogens is 1. The molecule has 2 aromatic rings. The lowest BCUT2D eigenvalue weighted by atomic mass is 10.0. The van der Waals surface area contributed by atoms with Crippen molar-refractivity contribution >= 4 is 0 Å². The quantitative estimate of drug-likeness (QED) is 0.655. The number of hydrogen-bond acceptors (Lipinski definition) is 0. The molecule has 1 aromatic heterocycles. The molecular formula is C15H18N+. The van der Waals surface area contributed by atoms with Crippen molar-refractivity contribution in [1.82, 2.24) is 0 Å². The first-order valence-electron chi connectivity index (χ1n) is 10.6. The minimum absolute atomic E-state index is 0.0626. The molecule has 0 aliphatic heterocycles. The molecule has 0 radical (unpaired) electrons. The number of hydrogen-bond donors (Lipinski definition) is 0. The van der Waals surface area contributed by atoms with Gasteiger partial charge in [-0.15, -0.1) is 0 Å². The van der Waals surface area contributed by atoms with Gasteiger partial charge in [-0.1, -0.05) is 18.1 Å². The van der Waals surface area contributed by atoms with Gasteiger partial charge in [0.15, 0.2) is 6.17 Å². The third kappa shape index (κ3) is 1.85. The van der Waals surface area contributed by atoms with Crippen molar-refractivity contribution in [1.29, 1.82) is 0 Å². The zero-order valence-electron chi connectivity index (χ0n) is 20.9. The summed E-state index contributed by atoms with van der Waals surface area (Å²) in [6.07, 6.45) is -0.663. The van der Waals surface area contributed by atoms with Crippen molar-refractivity contribution in [2.45, 2.75) is 20.6 Å². The van der Waals surface area contributed by atoms with E-state index in [0.29, 0.717) is 0 Å². The van der Waals surface area contributed by atoms with Crippen LogP contribution in [-0.2, 0) is 7.05 Å². The van der Waals surface area contributed by atoms with E-state index in [1.165, 1.54) is 14.0 Å². The van der Waals surface area contributed by atoms with Crippen LogP contribution in [0.25, 0.3) is 11.3 Å². The van der Waals surface area contributed by atoms with Crippen molar-refractivity contribution in [3.63, 3.8) is 0 Å². The maximum Gasteiger partial charge on any atom is 0.212 e. The van der Waals surface area contributed by atoms with Gasteiger partial charge in [-0.05, 0) is 37.8 Å². The molecule has 1 heterocycles. The van der Waals surface area contributed by atoms with E-state index >= 15 is 0 Å². The normalized spacial score (nSPS) is 22.9. The molecule has 82 valence electrons. The lowest BCUT2D eigenvalue weighted by Crippen LogP contribution is -2.31. The predicted molar refractivity (Wildman–Crippen MR) is 67.3 cm³/mol. The molecule has 0 bridgehead atoms. The Hall–Kier alpha value is -1.63. The first-order valence-corrected chi connectivity index (χ1v) is 4.64. The number of rotatable bonds is 1. The second-order valence-corrected chi connectivity index (χ2v) is 3.39. The average molecular weight is 224 g/mol. The molecule has 0 fully saturated rings. The zero-order valence-corrected chi connectivity index (χ0v) is 8.95. The van der Waals surface area contributed by atoms with Gasteiger partial charge < -0.3 is 0 Å². The van der Waals surface area contributed by atoms with Crippen LogP contribution in [0, 0.1) is 20.6 Å². The summed E-state index contributed by atoms with van der Waals surface area (Å²) < 4.78 is 95.4. The molecule has 0 saturated carbocycles. The number of nitrogens with zero attached hydrogens (tertiary/aromatic N) is 1. The Bertz CT molecular complexity index is 942. The molecule has 0 unspecified atom stereocenters. The summed E-state index contributed by atoms with van der Waals surface area (Å²) in [5.41, 5.74) is -1.93. The lowest BCUT2D eigenvalue weighted by Gasteiger charge is -2.06. The Labute approximate surface area is 114 Å². The topological polar surface area (TPSA) is 3.88 Å². The first kappa shape index (κ1) is 3.43. The fraction of sp³-hybridized carbons (Fsp3) is 0.267. The van der Waals surface area contributed by atoms with Gasteiger partial charge in [-0.25, -0.2) is 4.57 Å². The highest BCUT2D eigenvalue weighted by molar-refractivity contribution is 5.61. The largest absolute Gasteiger partial charge is 0.212 e. The van der Waals surface area contributed by atoms with Crippen LogP contribution in [0.4, 0.5) is 0 Å². The van der Waals surface area contributed by atoms with E-state index in [9.17, 15) is 0 Å². The summed E-state index contributed by atoms with van der Waals surface area (Å²) in [5.74, 6) is 0. The van der Waals surface area contributed by atoms with Crippen molar-refractivity contribution < 1.29 is 21.0 Å². The van der Waals surface area contributed by atoms with Crippen LogP contribution < -0.4 is 4.57 Å². The molecule has 0 spiro atoms. The maximum atomic E-state index is 8.42. The van der Waals surface area contributed by atoms with Crippen molar-refractivity contribution in [2.75, 3.05) is 0 Å². The highest BCUT2D eigenvalue weighted by atomic mass is 14.9. The summed E-state index contributed by atoms with van der Waals surface area (Å²) >= 11 is 0. The van der Waals surface area contributed by atoms with Gasteiger partial charge in [0.05, 0.1) is 6.85 Å². The highest BCUT2D eigenvalue weighted by Crippen LogP contribution is 2.21. The van der Waals surface area contributed by atoms with E-state index in [1.807, 2.05) is 0 Å². The molecule has 2 rings (SSSR count). The first-order chi connectivity index (χ1) is 12.5. The van der Waals surface area contributed by atoms with Gasteiger partial charge in [-0.3, -0.25) is 0 Å². The fourth-order valence-electron chi connectivity index (χ4n) is 1.39. The Kier molecular flexibility index (Phi) is 0.876. The maximum absolute atomic E-state index is 8.42. The summed E-state index contributed by atoms with van der Waals surface area (Å²) in [7, 11) is 1.26. The summed E-state index contributed by atoms with van der Waals surface area (Å²) in [5, 5.41) is 0. The van der Waals surface area contributed by atoms with Crippen molar-refractivity contribution in [3.05, 3.63) is 53.1 Å². The highest BCUT2D eigenvalue weighted by Gasteiger charge is 2.13. The molecule has 1 heteroatoms. The molecule has 1 nitrogen and oxygen atoms in total. The van der Waals surface area contributed by atoms with Gasteiger partial charge in [0, 0.05) is 25.4 Å². The average Bonchev–Trinajstić information content (AvgIpc) is 2.55. The standard InChI is InChI=1S/C15H18N/c1-11-7-5-6-8-14(11)15-9-12(2)13(3)10-16(15)4/h5-10H,1-4H3/q+1/i2D3,3D3,5D,6D,7D,8D,9D,10D.